The Hall–Kier alpha value is -6.13. The second-order valence-corrected chi connectivity index (χ2v) is 12.8. The van der Waals surface area contributed by atoms with Gasteiger partial charge in [0.25, 0.3) is 6.43 Å². The van der Waals surface area contributed by atoms with E-state index in [1.807, 2.05) is 53.1 Å². The highest BCUT2D eigenvalue weighted by Crippen LogP contribution is 2.43. The maximum Gasteiger partial charge on any atom is 0.307 e. The Labute approximate surface area is 289 Å². The number of anilines is 2. The van der Waals surface area contributed by atoms with Gasteiger partial charge in [-0.3, -0.25) is 19.5 Å². The second-order valence-electron chi connectivity index (χ2n) is 12.8. The Morgan fingerprint density at radius 2 is 1.88 bits per heavy atom. The molecule has 8 rings (SSSR count). The summed E-state index contributed by atoms with van der Waals surface area (Å²) in [6, 6.07) is 18.5. The number of carbonyl (C=O) groups is 2. The SMILES string of the molecule is Cc1c(-c2nc3cc(C=O)cc(C#N)c3o2)cccc1-c1cccc2c1CCN2c1nc(C(F)F)nc2cc(CN3CC[C@@H](C(=O)O)C3)cnc12. The van der Waals surface area contributed by atoms with Crippen molar-refractivity contribution in [2.75, 3.05) is 24.5 Å². The van der Waals surface area contributed by atoms with Crippen molar-refractivity contribution in [1.29, 1.82) is 5.26 Å². The number of nitrogens with zero attached hydrogens (tertiary/aromatic N) is 7. The molecule has 254 valence electrons. The average molecular weight is 686 g/mol. The van der Waals surface area contributed by atoms with Gasteiger partial charge in [-0.1, -0.05) is 24.3 Å². The smallest absolute Gasteiger partial charge is 0.307 e. The maximum atomic E-state index is 14.2. The monoisotopic (exact) mass is 685 g/mol. The fourth-order valence-corrected chi connectivity index (χ4v) is 7.26. The molecule has 13 heteroatoms. The molecule has 51 heavy (non-hydrogen) atoms. The van der Waals surface area contributed by atoms with E-state index in [4.69, 9.17) is 4.42 Å². The third-order valence-electron chi connectivity index (χ3n) is 9.72. The molecule has 0 radical (unpaired) electrons. The first-order chi connectivity index (χ1) is 24.7. The quantitative estimate of drug-likeness (QED) is 0.165. The lowest BCUT2D eigenvalue weighted by Crippen LogP contribution is -2.23. The van der Waals surface area contributed by atoms with Crippen LogP contribution in [0.4, 0.5) is 20.3 Å². The van der Waals surface area contributed by atoms with Gasteiger partial charge in [0, 0.05) is 42.6 Å². The van der Waals surface area contributed by atoms with Crippen molar-refractivity contribution in [2.24, 2.45) is 5.92 Å². The molecular formula is C38H29F2N7O4. The largest absolute Gasteiger partial charge is 0.481 e. The molecule has 2 aliphatic rings. The Kier molecular flexibility index (Phi) is 7.95. The number of hydrogen-bond donors (Lipinski definition) is 1. The molecule has 0 aliphatic carbocycles. The topological polar surface area (TPSA) is 149 Å². The van der Waals surface area contributed by atoms with Gasteiger partial charge >= 0.3 is 5.97 Å². The van der Waals surface area contributed by atoms with Gasteiger partial charge in [-0.2, -0.15) is 5.26 Å². The number of fused-ring (bicyclic) bond motifs is 3. The molecule has 5 heterocycles. The number of aldehydes is 1. The van der Waals surface area contributed by atoms with Gasteiger partial charge < -0.3 is 14.4 Å². The molecule has 0 bridgehead atoms. The molecule has 1 fully saturated rings. The van der Waals surface area contributed by atoms with Gasteiger partial charge in [0.2, 0.25) is 5.89 Å². The number of carboxylic acids is 1. The number of rotatable bonds is 8. The van der Waals surface area contributed by atoms with Crippen LogP contribution in [0.5, 0.6) is 0 Å². The van der Waals surface area contributed by atoms with Crippen molar-refractivity contribution in [2.45, 2.75) is 32.7 Å². The molecule has 0 spiro atoms. The van der Waals surface area contributed by atoms with Crippen LogP contribution in [0, 0.1) is 24.2 Å². The van der Waals surface area contributed by atoms with E-state index in [0.717, 1.165) is 39.1 Å². The molecule has 3 aromatic carbocycles. The number of benzene rings is 3. The lowest BCUT2D eigenvalue weighted by molar-refractivity contribution is -0.141. The number of pyridine rings is 1. The standard InChI is InChI=1S/C38H29F2N7O4/c1-20-25(4-2-5-26(20)37-44-30-13-21(19-48)12-24(15-41)33(30)51-37)27-6-3-7-31-28(27)9-11-47(31)36-32-29(43-35(45-36)34(39)40)14-22(16-42-32)17-46-10-8-23(18-46)38(49)50/h2-7,12-14,16,19,23,34H,8-11,17-18H2,1H3,(H,49,50)/t23-/m1/s1. The van der Waals surface area contributed by atoms with Crippen LogP contribution in [0.1, 0.15) is 51.3 Å². The molecule has 0 amide bonds. The van der Waals surface area contributed by atoms with Gasteiger partial charge in [0.15, 0.2) is 17.2 Å². The molecule has 11 nitrogen and oxygen atoms in total. The third kappa shape index (κ3) is 5.63. The van der Waals surface area contributed by atoms with Crippen molar-refractivity contribution >= 4 is 45.9 Å². The van der Waals surface area contributed by atoms with Crippen molar-refractivity contribution < 1.29 is 27.9 Å². The summed E-state index contributed by atoms with van der Waals surface area (Å²) in [5.74, 6) is -1.22. The van der Waals surface area contributed by atoms with Crippen LogP contribution in [0.15, 0.2) is 65.2 Å². The number of aliphatic carboxylic acids is 1. The fourth-order valence-electron chi connectivity index (χ4n) is 7.26. The number of likely N-dealkylation sites (tertiary alicyclic amines) is 1. The van der Waals surface area contributed by atoms with Gasteiger partial charge in [-0.15, -0.1) is 0 Å². The first-order valence-corrected chi connectivity index (χ1v) is 16.4. The minimum Gasteiger partial charge on any atom is -0.481 e. The normalized spacial score (nSPS) is 15.9. The van der Waals surface area contributed by atoms with E-state index in [1.54, 1.807) is 18.3 Å². The van der Waals surface area contributed by atoms with Crippen molar-refractivity contribution in [3.63, 3.8) is 0 Å². The van der Waals surface area contributed by atoms with E-state index in [9.17, 15) is 28.7 Å². The zero-order valence-corrected chi connectivity index (χ0v) is 27.3. The van der Waals surface area contributed by atoms with E-state index >= 15 is 0 Å². The van der Waals surface area contributed by atoms with Gasteiger partial charge in [-0.05, 0) is 84.5 Å². The van der Waals surface area contributed by atoms with E-state index in [0.29, 0.717) is 84.7 Å². The zero-order valence-electron chi connectivity index (χ0n) is 27.3. The first kappa shape index (κ1) is 32.1. The predicted octanol–water partition coefficient (Wildman–Crippen LogP) is 7.03. The Morgan fingerprint density at radius 3 is 2.65 bits per heavy atom. The average Bonchev–Trinajstić information content (AvgIpc) is 3.89. The third-order valence-corrected chi connectivity index (χ3v) is 9.72. The van der Waals surface area contributed by atoms with E-state index < -0.39 is 24.1 Å². The fraction of sp³-hybridized carbons (Fsp3) is 0.237. The van der Waals surface area contributed by atoms with Crippen LogP contribution in [0.25, 0.3) is 44.7 Å². The highest BCUT2D eigenvalue weighted by atomic mass is 19.3. The molecule has 1 N–H and O–H groups in total. The van der Waals surface area contributed by atoms with Crippen LogP contribution in [-0.4, -0.2) is 61.8 Å². The number of halogens is 2. The summed E-state index contributed by atoms with van der Waals surface area (Å²) in [5.41, 5.74) is 8.07. The van der Waals surface area contributed by atoms with E-state index in [1.165, 1.54) is 6.07 Å². The summed E-state index contributed by atoms with van der Waals surface area (Å²) < 4.78 is 34.5. The summed E-state index contributed by atoms with van der Waals surface area (Å²) in [6.07, 6.45) is 0.624. The Balaban J connectivity index is 1.16. The molecule has 3 aromatic heterocycles. The number of aromatic nitrogens is 4. The lowest BCUT2D eigenvalue weighted by atomic mass is 9.92. The summed E-state index contributed by atoms with van der Waals surface area (Å²) >= 11 is 0. The summed E-state index contributed by atoms with van der Waals surface area (Å²) in [7, 11) is 0. The minimum absolute atomic E-state index is 0.224. The lowest BCUT2D eigenvalue weighted by Gasteiger charge is -2.21. The first-order valence-electron chi connectivity index (χ1n) is 16.4. The molecule has 1 atom stereocenters. The number of oxazole rings is 1. The highest BCUT2D eigenvalue weighted by molar-refractivity contribution is 5.92. The predicted molar refractivity (Wildman–Crippen MR) is 184 cm³/mol. The van der Waals surface area contributed by atoms with Crippen LogP contribution in [0.2, 0.25) is 0 Å². The summed E-state index contributed by atoms with van der Waals surface area (Å²) in [4.78, 5) is 44.6. The number of alkyl halides is 2. The van der Waals surface area contributed by atoms with Crippen LogP contribution in [0.3, 0.4) is 0 Å². The maximum absolute atomic E-state index is 14.2. The minimum atomic E-state index is -2.90. The molecular weight excluding hydrogens is 656 g/mol. The zero-order chi connectivity index (χ0) is 35.4. The van der Waals surface area contributed by atoms with Crippen molar-refractivity contribution in [3.05, 3.63) is 94.4 Å². The number of carboxylic acid groups (broad SMARTS) is 1. The molecule has 2 aliphatic heterocycles. The molecule has 0 unspecified atom stereocenters. The van der Waals surface area contributed by atoms with Gasteiger partial charge in [-0.25, -0.2) is 23.7 Å². The number of nitriles is 1. The summed E-state index contributed by atoms with van der Waals surface area (Å²) in [5, 5.41) is 19.0. The van der Waals surface area contributed by atoms with E-state index in [2.05, 4.69) is 26.0 Å². The van der Waals surface area contributed by atoms with E-state index in [-0.39, 0.29) is 5.56 Å². The molecule has 6 aromatic rings. The highest BCUT2D eigenvalue weighted by Gasteiger charge is 2.30. The van der Waals surface area contributed by atoms with Crippen molar-refractivity contribution in [3.8, 4) is 28.7 Å². The van der Waals surface area contributed by atoms with Crippen LogP contribution in [-0.2, 0) is 17.8 Å². The second kappa shape index (κ2) is 12.6. The summed E-state index contributed by atoms with van der Waals surface area (Å²) in [6.45, 7) is 3.92. The molecule has 0 saturated carbocycles. The number of hydrogen-bond acceptors (Lipinski definition) is 10. The van der Waals surface area contributed by atoms with Gasteiger partial charge in [0.1, 0.15) is 23.4 Å². The number of carbonyl (C=O) groups excluding carboxylic acids is 1. The Bertz CT molecular complexity index is 2440. The van der Waals surface area contributed by atoms with Gasteiger partial charge in [0.05, 0.1) is 17.0 Å². The Morgan fingerprint density at radius 1 is 1.08 bits per heavy atom. The van der Waals surface area contributed by atoms with Crippen LogP contribution < -0.4 is 4.90 Å². The molecule has 1 saturated heterocycles. The van der Waals surface area contributed by atoms with Crippen molar-refractivity contribution in [1.82, 2.24) is 24.8 Å². The van der Waals surface area contributed by atoms with Crippen LogP contribution >= 0.6 is 0 Å².